The summed E-state index contributed by atoms with van der Waals surface area (Å²) in [7, 11) is 0. The molecular weight excluding hydrogens is 311 g/mol. The molecule has 0 spiro atoms. The Morgan fingerprint density at radius 3 is 2.92 bits per heavy atom. The maximum atomic E-state index is 13.5. The number of oxazole rings is 1. The van der Waals surface area contributed by atoms with E-state index < -0.39 is 6.10 Å². The number of aromatic nitrogens is 1. The monoisotopic (exact) mass is 330 g/mol. The smallest absolute Gasteiger partial charge is 0.292 e. The molecule has 2 unspecified atom stereocenters. The molecule has 126 valence electrons. The van der Waals surface area contributed by atoms with Gasteiger partial charge >= 0.3 is 0 Å². The zero-order chi connectivity index (χ0) is 16.8. The van der Waals surface area contributed by atoms with Gasteiger partial charge in [-0.05, 0) is 43.9 Å². The van der Waals surface area contributed by atoms with Crippen LogP contribution in [-0.2, 0) is 0 Å². The molecular formula is C18H19FN2O3. The van der Waals surface area contributed by atoms with Gasteiger partial charge in [0.25, 0.3) is 5.91 Å². The van der Waals surface area contributed by atoms with E-state index in [0.29, 0.717) is 29.5 Å². The zero-order valence-corrected chi connectivity index (χ0v) is 13.4. The topological polar surface area (TPSA) is 66.6 Å². The van der Waals surface area contributed by atoms with E-state index >= 15 is 0 Å². The summed E-state index contributed by atoms with van der Waals surface area (Å²) < 4.78 is 19.2. The number of benzene rings is 1. The van der Waals surface area contributed by atoms with Gasteiger partial charge in [0, 0.05) is 12.5 Å². The van der Waals surface area contributed by atoms with Crippen LogP contribution in [0.25, 0.3) is 0 Å². The van der Waals surface area contributed by atoms with Crippen molar-refractivity contribution >= 4 is 5.91 Å². The van der Waals surface area contributed by atoms with Crippen molar-refractivity contribution in [3.8, 4) is 0 Å². The lowest BCUT2D eigenvalue weighted by Gasteiger charge is -2.24. The standard InChI is InChI=1S/C18H19FN2O3/c1-10-16(24-17(20-10)11-5-6-11)18(23)21-9-14(22)8-15(21)12-3-2-4-13(19)7-12/h2-4,7,11,14-15,22H,5-6,8-9H2,1H3. The van der Waals surface area contributed by atoms with Gasteiger partial charge in [0.15, 0.2) is 5.89 Å². The van der Waals surface area contributed by atoms with Crippen molar-refractivity contribution in [3.63, 3.8) is 0 Å². The number of likely N-dealkylation sites (tertiary alicyclic amines) is 1. The lowest BCUT2D eigenvalue weighted by molar-refractivity contribution is 0.0680. The van der Waals surface area contributed by atoms with Crippen LogP contribution < -0.4 is 0 Å². The number of hydrogen-bond acceptors (Lipinski definition) is 4. The fourth-order valence-electron chi connectivity index (χ4n) is 3.32. The van der Waals surface area contributed by atoms with Crippen LogP contribution in [0.5, 0.6) is 0 Å². The van der Waals surface area contributed by atoms with Gasteiger partial charge in [0.05, 0.1) is 17.8 Å². The van der Waals surface area contributed by atoms with Crippen LogP contribution in [0.3, 0.4) is 0 Å². The number of halogens is 1. The van der Waals surface area contributed by atoms with E-state index in [1.165, 1.54) is 12.1 Å². The van der Waals surface area contributed by atoms with Gasteiger partial charge in [-0.15, -0.1) is 0 Å². The van der Waals surface area contributed by atoms with E-state index in [1.54, 1.807) is 24.0 Å². The minimum atomic E-state index is -0.631. The average molecular weight is 330 g/mol. The fraction of sp³-hybridized carbons (Fsp3) is 0.444. The highest BCUT2D eigenvalue weighted by Crippen LogP contribution is 2.41. The second-order valence-corrected chi connectivity index (χ2v) is 6.66. The summed E-state index contributed by atoms with van der Waals surface area (Å²) in [4.78, 5) is 18.8. The van der Waals surface area contributed by atoms with E-state index in [4.69, 9.17) is 4.42 Å². The maximum Gasteiger partial charge on any atom is 0.292 e. The van der Waals surface area contributed by atoms with Crippen molar-refractivity contribution in [1.82, 2.24) is 9.88 Å². The number of aliphatic hydroxyl groups excluding tert-OH is 1. The minimum absolute atomic E-state index is 0.207. The molecule has 0 radical (unpaired) electrons. The number of hydrogen-bond donors (Lipinski definition) is 1. The molecule has 1 aliphatic heterocycles. The molecule has 2 atom stereocenters. The van der Waals surface area contributed by atoms with E-state index in [2.05, 4.69) is 4.98 Å². The molecule has 0 bridgehead atoms. The second kappa shape index (κ2) is 5.70. The van der Waals surface area contributed by atoms with Crippen molar-refractivity contribution in [2.45, 2.75) is 44.2 Å². The number of amides is 1. The quantitative estimate of drug-likeness (QED) is 0.939. The number of aliphatic hydroxyl groups is 1. The van der Waals surface area contributed by atoms with Gasteiger partial charge in [0.1, 0.15) is 5.82 Å². The third-order valence-electron chi connectivity index (χ3n) is 4.71. The molecule has 1 aromatic carbocycles. The number of rotatable bonds is 3. The van der Waals surface area contributed by atoms with Crippen LogP contribution in [-0.4, -0.2) is 33.5 Å². The largest absolute Gasteiger partial charge is 0.435 e. The van der Waals surface area contributed by atoms with Crippen molar-refractivity contribution in [2.75, 3.05) is 6.54 Å². The molecule has 24 heavy (non-hydrogen) atoms. The molecule has 1 N–H and O–H groups in total. The number of nitrogens with zero attached hydrogens (tertiary/aromatic N) is 2. The Kier molecular flexibility index (Phi) is 3.64. The Morgan fingerprint density at radius 2 is 2.21 bits per heavy atom. The van der Waals surface area contributed by atoms with Gasteiger partial charge < -0.3 is 14.4 Å². The third-order valence-corrected chi connectivity index (χ3v) is 4.71. The molecule has 1 amide bonds. The Balaban J connectivity index is 1.64. The molecule has 6 heteroatoms. The summed E-state index contributed by atoms with van der Waals surface area (Å²) in [5.74, 6) is 0.532. The van der Waals surface area contributed by atoms with Crippen molar-refractivity contribution in [2.24, 2.45) is 0 Å². The van der Waals surface area contributed by atoms with E-state index in [0.717, 1.165) is 12.8 Å². The van der Waals surface area contributed by atoms with Crippen LogP contribution in [0.15, 0.2) is 28.7 Å². The van der Waals surface area contributed by atoms with Crippen LogP contribution in [0.1, 0.15) is 58.9 Å². The summed E-state index contributed by atoms with van der Waals surface area (Å²) in [6.45, 7) is 1.96. The lowest BCUT2D eigenvalue weighted by atomic mass is 10.0. The molecule has 1 aliphatic carbocycles. The molecule has 1 aromatic heterocycles. The normalized spacial score (nSPS) is 23.7. The van der Waals surface area contributed by atoms with Gasteiger partial charge in [0.2, 0.25) is 5.76 Å². The van der Waals surface area contributed by atoms with E-state index in [-0.39, 0.29) is 30.1 Å². The molecule has 5 nitrogen and oxygen atoms in total. The molecule has 2 heterocycles. The molecule has 2 aromatic rings. The molecule has 2 aliphatic rings. The van der Waals surface area contributed by atoms with Crippen LogP contribution in [0.2, 0.25) is 0 Å². The predicted octanol–water partition coefficient (Wildman–Crippen LogP) is 2.95. The molecule has 4 rings (SSSR count). The first kappa shape index (κ1) is 15.3. The van der Waals surface area contributed by atoms with Gasteiger partial charge in [-0.25, -0.2) is 9.37 Å². The lowest BCUT2D eigenvalue weighted by Crippen LogP contribution is -2.32. The highest BCUT2D eigenvalue weighted by atomic mass is 19.1. The highest BCUT2D eigenvalue weighted by Gasteiger charge is 2.39. The number of aryl methyl sites for hydroxylation is 1. The number of carbonyl (C=O) groups is 1. The Hall–Kier alpha value is -2.21. The summed E-state index contributed by atoms with van der Waals surface area (Å²) in [6, 6.07) is 5.80. The van der Waals surface area contributed by atoms with Crippen LogP contribution >= 0.6 is 0 Å². The van der Waals surface area contributed by atoms with Gasteiger partial charge in [-0.3, -0.25) is 4.79 Å². The van der Waals surface area contributed by atoms with Gasteiger partial charge in [-0.2, -0.15) is 0 Å². The summed E-state index contributed by atoms with van der Waals surface area (Å²) in [6.07, 6.45) is 1.84. The SMILES string of the molecule is Cc1nc(C2CC2)oc1C(=O)N1CC(O)CC1c1cccc(F)c1. The Labute approximate surface area is 139 Å². The summed E-state index contributed by atoms with van der Waals surface area (Å²) in [5, 5.41) is 10.0. The third kappa shape index (κ3) is 2.71. The zero-order valence-electron chi connectivity index (χ0n) is 13.4. The van der Waals surface area contributed by atoms with Gasteiger partial charge in [-0.1, -0.05) is 12.1 Å². The summed E-state index contributed by atoms with van der Waals surface area (Å²) >= 11 is 0. The van der Waals surface area contributed by atoms with Crippen molar-refractivity contribution < 1.29 is 18.7 Å². The van der Waals surface area contributed by atoms with Crippen LogP contribution in [0, 0.1) is 12.7 Å². The first-order chi connectivity index (χ1) is 11.5. The number of β-amino-alcohol motifs (C(OH)–C–C–N with tert-alkyl or cyclic N) is 1. The Morgan fingerprint density at radius 1 is 1.42 bits per heavy atom. The first-order valence-electron chi connectivity index (χ1n) is 8.24. The molecule has 2 fully saturated rings. The predicted molar refractivity (Wildman–Crippen MR) is 84.0 cm³/mol. The highest BCUT2D eigenvalue weighted by molar-refractivity contribution is 5.93. The second-order valence-electron chi connectivity index (χ2n) is 6.66. The van der Waals surface area contributed by atoms with E-state index in [1.807, 2.05) is 0 Å². The van der Waals surface area contributed by atoms with Crippen molar-refractivity contribution in [3.05, 3.63) is 53.0 Å². The first-order valence-corrected chi connectivity index (χ1v) is 8.24. The fourth-order valence-corrected chi connectivity index (χ4v) is 3.32. The molecule has 1 saturated carbocycles. The summed E-state index contributed by atoms with van der Waals surface area (Å²) in [5.41, 5.74) is 1.25. The maximum absolute atomic E-state index is 13.5. The van der Waals surface area contributed by atoms with Crippen molar-refractivity contribution in [1.29, 1.82) is 0 Å². The molecule has 1 saturated heterocycles. The van der Waals surface area contributed by atoms with Crippen LogP contribution in [0.4, 0.5) is 4.39 Å². The van der Waals surface area contributed by atoms with E-state index in [9.17, 15) is 14.3 Å². The minimum Gasteiger partial charge on any atom is -0.435 e. The average Bonchev–Trinajstić information content (AvgIpc) is 3.22. The number of carbonyl (C=O) groups excluding carboxylic acids is 1. The Bertz CT molecular complexity index is 784.